The number of rotatable bonds is 3. The van der Waals surface area contributed by atoms with Crippen LogP contribution < -0.4 is 10.6 Å². The van der Waals surface area contributed by atoms with Gasteiger partial charge in [-0.15, -0.1) is 0 Å². The van der Waals surface area contributed by atoms with Crippen molar-refractivity contribution in [3.8, 4) is 0 Å². The first-order chi connectivity index (χ1) is 15.0. The maximum atomic E-state index is 14.2. The van der Waals surface area contributed by atoms with Gasteiger partial charge in [-0.1, -0.05) is 6.07 Å². The summed E-state index contributed by atoms with van der Waals surface area (Å²) < 4.78 is 19.6. The number of fused-ring (bicyclic) bond motifs is 2. The van der Waals surface area contributed by atoms with E-state index in [1.807, 2.05) is 11.8 Å². The van der Waals surface area contributed by atoms with Gasteiger partial charge >= 0.3 is 0 Å². The minimum atomic E-state index is -0.417. The van der Waals surface area contributed by atoms with Crippen LogP contribution in [0, 0.1) is 12.7 Å². The summed E-state index contributed by atoms with van der Waals surface area (Å²) in [6.07, 6.45) is 4.47. The monoisotopic (exact) mass is 430 g/mol. The maximum Gasteiger partial charge on any atom is 0.248 e. The number of amides is 2. The number of ether oxygens (including phenoxy) is 1. The molecule has 4 atom stereocenters. The molecule has 2 saturated heterocycles. The average Bonchev–Trinajstić information content (AvgIpc) is 3.24. The number of halogens is 1. The lowest BCUT2D eigenvalue weighted by atomic mass is 9.88. The second kappa shape index (κ2) is 8.39. The molecule has 1 aliphatic carbocycles. The van der Waals surface area contributed by atoms with Crippen LogP contribution in [0.5, 0.6) is 0 Å². The molecular formula is C23H31FN4O3. The fourth-order valence-corrected chi connectivity index (χ4v) is 5.70. The van der Waals surface area contributed by atoms with Crippen molar-refractivity contribution in [2.24, 2.45) is 0 Å². The minimum absolute atomic E-state index is 0.0447. The number of nitrogens with one attached hydrogen (secondary N) is 2. The van der Waals surface area contributed by atoms with Crippen molar-refractivity contribution in [3.05, 3.63) is 29.1 Å². The molecule has 2 amide bonds. The number of carbonyl (C=O) groups excluding carboxylic acids is 2. The molecule has 168 valence electrons. The summed E-state index contributed by atoms with van der Waals surface area (Å²) in [4.78, 5) is 29.4. The van der Waals surface area contributed by atoms with Gasteiger partial charge < -0.3 is 20.3 Å². The molecule has 8 heteroatoms. The number of anilines is 1. The van der Waals surface area contributed by atoms with Crippen molar-refractivity contribution in [1.29, 1.82) is 0 Å². The molecule has 3 aliphatic heterocycles. The standard InChI is InChI=1S/C23H31FN4O3/c1-14-5-6-19(24)18-10-20(26-22(14)18)23(30)25-15-3-2-4-16(9-15)27-7-8-28-17(11-27)12-31-13-21(28)29/h5-6,15-17,20,26H,2-4,7-13H2,1H3,(H,25,30)/t15-,16-,17-,20?/m1/s1. The highest BCUT2D eigenvalue weighted by Crippen LogP contribution is 2.32. The van der Waals surface area contributed by atoms with Gasteiger partial charge in [0.15, 0.2) is 0 Å². The quantitative estimate of drug-likeness (QED) is 0.759. The number of nitrogens with zero attached hydrogens (tertiary/aromatic N) is 2. The van der Waals surface area contributed by atoms with Crippen LogP contribution in [0.2, 0.25) is 0 Å². The van der Waals surface area contributed by atoms with Crippen LogP contribution in [0.15, 0.2) is 12.1 Å². The predicted molar refractivity (Wildman–Crippen MR) is 114 cm³/mol. The molecule has 3 heterocycles. The second-order valence-corrected chi connectivity index (χ2v) is 9.40. The van der Waals surface area contributed by atoms with Gasteiger partial charge in [-0.2, -0.15) is 0 Å². The third kappa shape index (κ3) is 4.03. The van der Waals surface area contributed by atoms with Crippen molar-refractivity contribution in [2.45, 2.75) is 63.2 Å². The summed E-state index contributed by atoms with van der Waals surface area (Å²) >= 11 is 0. The Hall–Kier alpha value is -2.19. The van der Waals surface area contributed by atoms with E-state index in [1.165, 1.54) is 6.07 Å². The van der Waals surface area contributed by atoms with E-state index in [-0.39, 0.29) is 36.3 Å². The minimum Gasteiger partial charge on any atom is -0.373 e. The summed E-state index contributed by atoms with van der Waals surface area (Å²) in [6, 6.07) is 3.49. The molecule has 5 rings (SSSR count). The van der Waals surface area contributed by atoms with E-state index >= 15 is 0 Å². The van der Waals surface area contributed by atoms with Gasteiger partial charge in [0, 0.05) is 49.4 Å². The fraction of sp³-hybridized carbons (Fsp3) is 0.652. The van der Waals surface area contributed by atoms with Crippen LogP contribution in [0.25, 0.3) is 0 Å². The zero-order valence-corrected chi connectivity index (χ0v) is 18.0. The molecule has 0 radical (unpaired) electrons. The fourth-order valence-electron chi connectivity index (χ4n) is 5.70. The Morgan fingerprint density at radius 2 is 2.13 bits per heavy atom. The summed E-state index contributed by atoms with van der Waals surface area (Å²) in [5.41, 5.74) is 2.35. The highest BCUT2D eigenvalue weighted by Gasteiger charge is 2.38. The number of hydrogen-bond acceptors (Lipinski definition) is 5. The number of morpholine rings is 1. The summed E-state index contributed by atoms with van der Waals surface area (Å²) in [7, 11) is 0. The molecular weight excluding hydrogens is 399 g/mol. The molecule has 3 fully saturated rings. The Morgan fingerprint density at radius 1 is 1.26 bits per heavy atom. The van der Waals surface area contributed by atoms with Gasteiger partial charge in [0.25, 0.3) is 0 Å². The van der Waals surface area contributed by atoms with Crippen LogP contribution in [-0.4, -0.2) is 78.6 Å². The summed E-state index contributed by atoms with van der Waals surface area (Å²) in [5.74, 6) is -0.191. The van der Waals surface area contributed by atoms with E-state index in [4.69, 9.17) is 4.74 Å². The van der Waals surface area contributed by atoms with Gasteiger partial charge in [0.2, 0.25) is 11.8 Å². The van der Waals surface area contributed by atoms with Crippen molar-refractivity contribution in [2.75, 3.05) is 38.2 Å². The first-order valence-electron chi connectivity index (χ1n) is 11.5. The highest BCUT2D eigenvalue weighted by molar-refractivity contribution is 5.88. The van der Waals surface area contributed by atoms with Gasteiger partial charge in [-0.25, -0.2) is 4.39 Å². The van der Waals surface area contributed by atoms with Gasteiger partial charge in [-0.05, 0) is 44.2 Å². The van der Waals surface area contributed by atoms with Crippen molar-refractivity contribution in [1.82, 2.24) is 15.1 Å². The van der Waals surface area contributed by atoms with Crippen molar-refractivity contribution < 1.29 is 18.7 Å². The SMILES string of the molecule is Cc1ccc(F)c2c1NC(C(=O)N[C@@H]1CCC[C@@H](N3CCN4C(=O)COC[C@H]4C3)C1)C2. The summed E-state index contributed by atoms with van der Waals surface area (Å²) in [6.45, 7) is 5.23. The van der Waals surface area contributed by atoms with Gasteiger partial charge in [-0.3, -0.25) is 14.5 Å². The lowest BCUT2D eigenvalue weighted by molar-refractivity contribution is -0.153. The van der Waals surface area contributed by atoms with E-state index in [9.17, 15) is 14.0 Å². The first-order valence-corrected chi connectivity index (χ1v) is 11.5. The number of aryl methyl sites for hydroxylation is 1. The highest BCUT2D eigenvalue weighted by atomic mass is 19.1. The van der Waals surface area contributed by atoms with E-state index in [0.29, 0.717) is 24.6 Å². The maximum absolute atomic E-state index is 14.2. The van der Waals surface area contributed by atoms with Crippen LogP contribution in [0.4, 0.5) is 10.1 Å². The lowest BCUT2D eigenvalue weighted by Gasteiger charge is -2.47. The number of piperazine rings is 1. The molecule has 7 nitrogen and oxygen atoms in total. The van der Waals surface area contributed by atoms with E-state index in [0.717, 1.165) is 56.6 Å². The average molecular weight is 431 g/mol. The van der Waals surface area contributed by atoms with Crippen molar-refractivity contribution >= 4 is 17.5 Å². The Balaban J connectivity index is 1.17. The molecule has 1 aromatic carbocycles. The van der Waals surface area contributed by atoms with E-state index in [2.05, 4.69) is 15.5 Å². The van der Waals surface area contributed by atoms with Crippen LogP contribution in [0.1, 0.15) is 36.8 Å². The molecule has 0 aromatic heterocycles. The van der Waals surface area contributed by atoms with Crippen LogP contribution >= 0.6 is 0 Å². The molecule has 0 spiro atoms. The Bertz CT molecular complexity index is 848. The zero-order chi connectivity index (χ0) is 21.5. The largest absolute Gasteiger partial charge is 0.373 e. The van der Waals surface area contributed by atoms with Gasteiger partial charge in [0.1, 0.15) is 18.5 Å². The Labute approximate surface area is 182 Å². The normalized spacial score (nSPS) is 31.0. The number of hydrogen-bond donors (Lipinski definition) is 2. The topological polar surface area (TPSA) is 73.9 Å². The van der Waals surface area contributed by atoms with Crippen LogP contribution in [0.3, 0.4) is 0 Å². The molecule has 2 N–H and O–H groups in total. The number of carbonyl (C=O) groups is 2. The van der Waals surface area contributed by atoms with E-state index in [1.54, 1.807) is 6.07 Å². The van der Waals surface area contributed by atoms with Crippen LogP contribution in [-0.2, 0) is 20.7 Å². The lowest BCUT2D eigenvalue weighted by Crippen LogP contribution is -2.62. The molecule has 1 unspecified atom stereocenters. The Kier molecular flexibility index (Phi) is 5.60. The molecule has 1 saturated carbocycles. The second-order valence-electron chi connectivity index (χ2n) is 9.40. The smallest absolute Gasteiger partial charge is 0.248 e. The zero-order valence-electron chi connectivity index (χ0n) is 18.0. The van der Waals surface area contributed by atoms with Crippen molar-refractivity contribution in [3.63, 3.8) is 0 Å². The first kappa shape index (κ1) is 20.7. The van der Waals surface area contributed by atoms with E-state index < -0.39 is 6.04 Å². The summed E-state index contributed by atoms with van der Waals surface area (Å²) in [5, 5.41) is 6.46. The molecule has 0 bridgehead atoms. The Morgan fingerprint density at radius 3 is 2.97 bits per heavy atom. The predicted octanol–water partition coefficient (Wildman–Crippen LogP) is 1.44. The molecule has 4 aliphatic rings. The number of benzene rings is 1. The molecule has 1 aromatic rings. The third-order valence-electron chi connectivity index (χ3n) is 7.39. The van der Waals surface area contributed by atoms with Gasteiger partial charge in [0.05, 0.1) is 12.6 Å². The molecule has 31 heavy (non-hydrogen) atoms. The third-order valence-corrected chi connectivity index (χ3v) is 7.39.